The minimum atomic E-state index is -1.04. The van der Waals surface area contributed by atoms with Crippen LogP contribution in [0.2, 0.25) is 0 Å². The average Bonchev–Trinajstić information content (AvgIpc) is 2.52. The van der Waals surface area contributed by atoms with E-state index >= 15 is 0 Å². The first-order valence-corrected chi connectivity index (χ1v) is 7.44. The van der Waals surface area contributed by atoms with Gasteiger partial charge in [0, 0.05) is 0 Å². The minimum Gasteiger partial charge on any atom is -0.480 e. The lowest BCUT2D eigenvalue weighted by molar-refractivity contribution is -0.139. The van der Waals surface area contributed by atoms with Crippen LogP contribution in [0.25, 0.3) is 0 Å². The molecule has 0 aliphatic heterocycles. The number of carboxylic acid groups (broad SMARTS) is 1. The Morgan fingerprint density at radius 1 is 1.23 bits per heavy atom. The number of rotatable bonds is 10. The van der Waals surface area contributed by atoms with Crippen molar-refractivity contribution in [2.45, 2.75) is 44.8 Å². The van der Waals surface area contributed by atoms with Gasteiger partial charge in [-0.2, -0.15) is 0 Å². The number of carbonyl (C=O) groups excluding carboxylic acids is 1. The molecular formula is C17H23NO4. The fourth-order valence-electron chi connectivity index (χ4n) is 1.98. The first-order valence-electron chi connectivity index (χ1n) is 7.44. The molecule has 0 aliphatic carbocycles. The molecule has 0 fully saturated rings. The van der Waals surface area contributed by atoms with E-state index in [0.29, 0.717) is 6.42 Å². The number of hydrogen-bond acceptors (Lipinski definition) is 3. The maximum absolute atomic E-state index is 11.7. The topological polar surface area (TPSA) is 75.6 Å². The number of carboxylic acids is 1. The normalized spacial score (nSPS) is 11.5. The predicted molar refractivity (Wildman–Crippen MR) is 84.5 cm³/mol. The molecule has 1 aromatic carbocycles. The lowest BCUT2D eigenvalue weighted by atomic mass is 10.1. The molecule has 1 amide bonds. The maximum Gasteiger partial charge on any atom is 0.408 e. The van der Waals surface area contributed by atoms with Crippen molar-refractivity contribution in [3.63, 3.8) is 0 Å². The van der Waals surface area contributed by atoms with Crippen molar-refractivity contribution in [3.05, 3.63) is 48.6 Å². The molecule has 1 unspecified atom stereocenters. The predicted octanol–water partition coefficient (Wildman–Crippen LogP) is 3.50. The number of benzene rings is 1. The van der Waals surface area contributed by atoms with E-state index in [1.165, 1.54) is 0 Å². The summed E-state index contributed by atoms with van der Waals surface area (Å²) in [6.07, 6.45) is 5.09. The van der Waals surface area contributed by atoms with Gasteiger partial charge in [0.2, 0.25) is 0 Å². The van der Waals surface area contributed by atoms with Crippen molar-refractivity contribution in [2.75, 3.05) is 0 Å². The smallest absolute Gasteiger partial charge is 0.408 e. The second kappa shape index (κ2) is 10.4. The number of ether oxygens (including phenoxy) is 1. The highest BCUT2D eigenvalue weighted by Gasteiger charge is 2.20. The zero-order valence-electron chi connectivity index (χ0n) is 12.7. The SMILES string of the molecule is C=CCCCCCC(NC(=O)OCc1ccccc1)C(=O)O. The van der Waals surface area contributed by atoms with Gasteiger partial charge in [-0.3, -0.25) is 0 Å². The molecule has 0 saturated heterocycles. The summed E-state index contributed by atoms with van der Waals surface area (Å²) in [6.45, 7) is 3.76. The Bertz CT molecular complexity index is 473. The van der Waals surface area contributed by atoms with Crippen LogP contribution < -0.4 is 5.32 Å². The van der Waals surface area contributed by atoms with E-state index in [4.69, 9.17) is 9.84 Å². The molecule has 5 nitrogen and oxygen atoms in total. The Kier molecular flexibility index (Phi) is 8.42. The monoisotopic (exact) mass is 305 g/mol. The summed E-state index contributed by atoms with van der Waals surface area (Å²) in [5, 5.41) is 11.5. The number of hydrogen-bond donors (Lipinski definition) is 2. The number of nitrogens with one attached hydrogen (secondary N) is 1. The summed E-state index contributed by atoms with van der Waals surface area (Å²) in [5.41, 5.74) is 0.856. The first-order chi connectivity index (χ1) is 10.6. The molecule has 120 valence electrons. The molecule has 0 bridgehead atoms. The van der Waals surface area contributed by atoms with Gasteiger partial charge in [0.1, 0.15) is 12.6 Å². The number of alkyl carbamates (subject to hydrolysis) is 1. The van der Waals surface area contributed by atoms with Crippen molar-refractivity contribution in [3.8, 4) is 0 Å². The molecule has 0 radical (unpaired) electrons. The van der Waals surface area contributed by atoms with Crippen LogP contribution in [0.1, 0.15) is 37.7 Å². The van der Waals surface area contributed by atoms with Crippen LogP contribution in [0.5, 0.6) is 0 Å². The number of amides is 1. The lowest BCUT2D eigenvalue weighted by Crippen LogP contribution is -2.40. The molecule has 0 spiro atoms. The van der Waals surface area contributed by atoms with Gasteiger partial charge < -0.3 is 15.2 Å². The molecule has 0 aliphatic rings. The summed E-state index contributed by atoms with van der Waals surface area (Å²) < 4.78 is 5.03. The fourth-order valence-corrected chi connectivity index (χ4v) is 1.98. The van der Waals surface area contributed by atoms with Gasteiger partial charge in [0.05, 0.1) is 0 Å². The van der Waals surface area contributed by atoms with E-state index in [1.54, 1.807) is 0 Å². The lowest BCUT2D eigenvalue weighted by Gasteiger charge is -2.14. The number of carbonyl (C=O) groups is 2. The Morgan fingerprint density at radius 2 is 1.95 bits per heavy atom. The number of aliphatic carboxylic acids is 1. The Balaban J connectivity index is 2.30. The quantitative estimate of drug-likeness (QED) is 0.512. The summed E-state index contributed by atoms with van der Waals surface area (Å²) in [6, 6.07) is 8.33. The van der Waals surface area contributed by atoms with Crippen molar-refractivity contribution in [1.29, 1.82) is 0 Å². The van der Waals surface area contributed by atoms with Gasteiger partial charge >= 0.3 is 12.1 Å². The largest absolute Gasteiger partial charge is 0.480 e. The van der Waals surface area contributed by atoms with Crippen molar-refractivity contribution < 1.29 is 19.4 Å². The minimum absolute atomic E-state index is 0.123. The molecule has 0 heterocycles. The van der Waals surface area contributed by atoms with Crippen LogP contribution in [-0.2, 0) is 16.1 Å². The Hall–Kier alpha value is -2.30. The summed E-state index contributed by atoms with van der Waals surface area (Å²) in [5.74, 6) is -1.04. The molecule has 1 rings (SSSR count). The third kappa shape index (κ3) is 7.47. The van der Waals surface area contributed by atoms with Gasteiger partial charge in [-0.25, -0.2) is 9.59 Å². The van der Waals surface area contributed by atoms with Crippen LogP contribution >= 0.6 is 0 Å². The third-order valence-electron chi connectivity index (χ3n) is 3.20. The number of unbranched alkanes of at least 4 members (excludes halogenated alkanes) is 3. The zero-order valence-corrected chi connectivity index (χ0v) is 12.7. The average molecular weight is 305 g/mol. The number of allylic oxidation sites excluding steroid dienone is 1. The highest BCUT2D eigenvalue weighted by atomic mass is 16.5. The highest BCUT2D eigenvalue weighted by Crippen LogP contribution is 2.07. The molecule has 22 heavy (non-hydrogen) atoms. The summed E-state index contributed by atoms with van der Waals surface area (Å²) in [4.78, 5) is 22.8. The fraction of sp³-hybridized carbons (Fsp3) is 0.412. The van der Waals surface area contributed by atoms with Gasteiger partial charge in [-0.1, -0.05) is 49.2 Å². The molecule has 0 aromatic heterocycles. The molecule has 1 aromatic rings. The van der Waals surface area contributed by atoms with Crippen LogP contribution in [0.15, 0.2) is 43.0 Å². The van der Waals surface area contributed by atoms with Gasteiger partial charge in [0.15, 0.2) is 0 Å². The first kappa shape index (κ1) is 17.8. The standard InChI is InChI=1S/C17H23NO4/c1-2-3-4-5-9-12-15(16(19)20)18-17(21)22-13-14-10-7-6-8-11-14/h2,6-8,10-11,15H,1,3-5,9,12-13H2,(H,18,21)(H,19,20). The van der Waals surface area contributed by atoms with Gasteiger partial charge in [-0.15, -0.1) is 6.58 Å². The van der Waals surface area contributed by atoms with Crippen LogP contribution in [0, 0.1) is 0 Å². The Morgan fingerprint density at radius 3 is 2.59 bits per heavy atom. The van der Waals surface area contributed by atoms with E-state index < -0.39 is 18.1 Å². The molecular weight excluding hydrogens is 282 g/mol. The van der Waals surface area contributed by atoms with Crippen molar-refractivity contribution >= 4 is 12.1 Å². The van der Waals surface area contributed by atoms with Gasteiger partial charge in [-0.05, 0) is 24.8 Å². The zero-order chi connectivity index (χ0) is 16.2. The van der Waals surface area contributed by atoms with Gasteiger partial charge in [0.25, 0.3) is 0 Å². The highest BCUT2D eigenvalue weighted by molar-refractivity contribution is 5.79. The molecule has 1 atom stereocenters. The van der Waals surface area contributed by atoms with E-state index in [1.807, 2.05) is 36.4 Å². The molecule has 5 heteroatoms. The van der Waals surface area contributed by atoms with Crippen LogP contribution in [0.4, 0.5) is 4.79 Å². The van der Waals surface area contributed by atoms with E-state index in [9.17, 15) is 9.59 Å². The maximum atomic E-state index is 11.7. The molecule has 0 saturated carbocycles. The van der Waals surface area contributed by atoms with E-state index in [0.717, 1.165) is 31.2 Å². The van der Waals surface area contributed by atoms with E-state index in [2.05, 4.69) is 11.9 Å². The van der Waals surface area contributed by atoms with Crippen molar-refractivity contribution in [1.82, 2.24) is 5.32 Å². The Labute approximate surface area is 131 Å². The van der Waals surface area contributed by atoms with Crippen LogP contribution in [-0.4, -0.2) is 23.2 Å². The van der Waals surface area contributed by atoms with E-state index in [-0.39, 0.29) is 6.61 Å². The summed E-state index contributed by atoms with van der Waals surface area (Å²) in [7, 11) is 0. The molecule has 2 N–H and O–H groups in total. The summed E-state index contributed by atoms with van der Waals surface area (Å²) >= 11 is 0. The second-order valence-electron chi connectivity index (χ2n) is 5.02. The third-order valence-corrected chi connectivity index (χ3v) is 3.20. The van der Waals surface area contributed by atoms with Crippen LogP contribution in [0.3, 0.4) is 0 Å². The second-order valence-corrected chi connectivity index (χ2v) is 5.02. The van der Waals surface area contributed by atoms with Crippen molar-refractivity contribution in [2.24, 2.45) is 0 Å².